The highest BCUT2D eigenvalue weighted by Gasteiger charge is 2.45. The van der Waals surface area contributed by atoms with Crippen LogP contribution in [-0.4, -0.2) is 38.9 Å². The van der Waals surface area contributed by atoms with Gasteiger partial charge in [0.1, 0.15) is 5.76 Å². The van der Waals surface area contributed by atoms with E-state index in [4.69, 9.17) is 9.15 Å². The maximum absolute atomic E-state index is 13.5. The number of methoxy groups -OCH3 is 1. The van der Waals surface area contributed by atoms with E-state index in [0.717, 1.165) is 0 Å². The second-order valence-corrected chi connectivity index (χ2v) is 8.29. The van der Waals surface area contributed by atoms with Gasteiger partial charge in [0.15, 0.2) is 17.3 Å². The van der Waals surface area contributed by atoms with Crippen LogP contribution in [0.1, 0.15) is 37.7 Å². The van der Waals surface area contributed by atoms with Crippen LogP contribution in [0.3, 0.4) is 0 Å². The lowest BCUT2D eigenvalue weighted by atomic mass is 9.94. The summed E-state index contributed by atoms with van der Waals surface area (Å²) in [6, 6.07) is 7.04. The van der Waals surface area contributed by atoms with Crippen molar-refractivity contribution in [2.75, 3.05) is 7.11 Å². The van der Waals surface area contributed by atoms with Gasteiger partial charge < -0.3 is 24.3 Å². The molecule has 1 aliphatic rings. The number of aliphatic hydroxyl groups excluding tert-OH is 1. The highest BCUT2D eigenvalue weighted by atomic mass is 32.1. The number of aromatic hydroxyl groups is 1. The summed E-state index contributed by atoms with van der Waals surface area (Å²) in [5.74, 6) is -1.16. The maximum atomic E-state index is 13.5. The van der Waals surface area contributed by atoms with E-state index in [1.165, 1.54) is 35.7 Å². The molecule has 1 aromatic carbocycles. The molecular formula is C22H20N2O6S. The van der Waals surface area contributed by atoms with E-state index in [9.17, 15) is 19.8 Å². The highest BCUT2D eigenvalue weighted by molar-refractivity contribution is 7.14. The minimum Gasteiger partial charge on any atom is -0.504 e. The lowest BCUT2D eigenvalue weighted by Gasteiger charge is -2.26. The van der Waals surface area contributed by atoms with Crippen molar-refractivity contribution in [3.63, 3.8) is 0 Å². The number of phenols is 1. The molecule has 3 heterocycles. The van der Waals surface area contributed by atoms with E-state index in [1.54, 1.807) is 38.1 Å². The molecular weight excluding hydrogens is 420 g/mol. The zero-order chi connectivity index (χ0) is 22.3. The third kappa shape index (κ3) is 3.57. The fourth-order valence-electron chi connectivity index (χ4n) is 3.69. The number of hydrogen-bond acceptors (Lipinski definition) is 8. The average molecular weight is 440 g/mol. The fourth-order valence-corrected chi connectivity index (χ4v) is 4.57. The van der Waals surface area contributed by atoms with Crippen LogP contribution in [-0.2, 0) is 11.3 Å². The minimum atomic E-state index is -0.901. The third-order valence-corrected chi connectivity index (χ3v) is 6.16. The molecule has 0 radical (unpaired) electrons. The Morgan fingerprint density at radius 2 is 2.06 bits per heavy atom. The number of thiazole rings is 1. The highest BCUT2D eigenvalue weighted by Crippen LogP contribution is 2.43. The number of carbonyl (C=O) groups excluding carboxylic acids is 2. The first-order chi connectivity index (χ1) is 14.8. The maximum Gasteiger partial charge on any atom is 0.290 e. The lowest BCUT2D eigenvalue weighted by molar-refractivity contribution is -0.130. The number of aromatic nitrogens is 1. The molecule has 9 heteroatoms. The molecule has 3 aromatic rings. The Hall–Kier alpha value is -3.59. The molecule has 0 aliphatic carbocycles. The number of ether oxygens (including phenoxy) is 1. The van der Waals surface area contributed by atoms with Gasteiger partial charge >= 0.3 is 0 Å². The zero-order valence-electron chi connectivity index (χ0n) is 17.1. The summed E-state index contributed by atoms with van der Waals surface area (Å²) < 4.78 is 10.6. The molecule has 0 bridgehead atoms. The van der Waals surface area contributed by atoms with Crippen molar-refractivity contribution >= 4 is 23.0 Å². The summed E-state index contributed by atoms with van der Waals surface area (Å²) in [6.07, 6.45) is 1.48. The first-order valence-electron chi connectivity index (χ1n) is 9.44. The molecule has 1 unspecified atom stereocenters. The summed E-state index contributed by atoms with van der Waals surface area (Å²) in [7, 11) is 1.40. The molecule has 2 aromatic heterocycles. The predicted octanol–water partition coefficient (Wildman–Crippen LogP) is 3.85. The largest absolute Gasteiger partial charge is 0.504 e. The van der Waals surface area contributed by atoms with Gasteiger partial charge in [-0.2, -0.15) is 0 Å². The standard InChI is InChI=1S/C22H20N2O6S/c1-11-21(31-12(2)23-11)19(26)17-18(13-6-7-15(25)16(9-13)29-3)24(22(28)20(17)27)10-14-5-4-8-30-14/h4-9,18,25,27H,10H2,1-3H3. The number of amides is 1. The zero-order valence-corrected chi connectivity index (χ0v) is 17.9. The van der Waals surface area contributed by atoms with Gasteiger partial charge in [-0.25, -0.2) is 4.98 Å². The summed E-state index contributed by atoms with van der Waals surface area (Å²) in [6.45, 7) is 3.54. The molecule has 1 amide bonds. The van der Waals surface area contributed by atoms with Crippen molar-refractivity contribution in [1.29, 1.82) is 0 Å². The van der Waals surface area contributed by atoms with Crippen LogP contribution < -0.4 is 4.74 Å². The molecule has 2 N–H and O–H groups in total. The normalized spacial score (nSPS) is 16.3. The van der Waals surface area contributed by atoms with E-state index in [1.807, 2.05) is 0 Å². The van der Waals surface area contributed by atoms with Gasteiger partial charge in [-0.05, 0) is 43.7 Å². The van der Waals surface area contributed by atoms with Crippen LogP contribution in [0.4, 0.5) is 0 Å². The smallest absolute Gasteiger partial charge is 0.290 e. The molecule has 160 valence electrons. The molecule has 0 spiro atoms. The molecule has 0 saturated carbocycles. The second-order valence-electron chi connectivity index (χ2n) is 7.09. The number of rotatable bonds is 6. The van der Waals surface area contributed by atoms with E-state index < -0.39 is 23.5 Å². The summed E-state index contributed by atoms with van der Waals surface area (Å²) in [5.41, 5.74) is 0.990. The molecule has 31 heavy (non-hydrogen) atoms. The summed E-state index contributed by atoms with van der Waals surface area (Å²) in [5, 5.41) is 21.4. The number of furan rings is 1. The Labute approximate surface area is 182 Å². The first kappa shape index (κ1) is 20.7. The number of ketones is 1. The minimum absolute atomic E-state index is 0.0429. The van der Waals surface area contributed by atoms with Crippen LogP contribution in [0.2, 0.25) is 0 Å². The molecule has 0 fully saturated rings. The number of Topliss-reactive ketones (excluding diaryl/α,β-unsaturated/α-hetero) is 1. The van der Waals surface area contributed by atoms with Gasteiger partial charge in [0, 0.05) is 0 Å². The molecule has 4 rings (SSSR count). The van der Waals surface area contributed by atoms with Crippen molar-refractivity contribution in [2.24, 2.45) is 0 Å². The van der Waals surface area contributed by atoms with E-state index in [2.05, 4.69) is 4.98 Å². The van der Waals surface area contributed by atoms with Gasteiger partial charge in [-0.1, -0.05) is 6.07 Å². The lowest BCUT2D eigenvalue weighted by Crippen LogP contribution is -2.30. The van der Waals surface area contributed by atoms with Gasteiger partial charge in [-0.3, -0.25) is 9.59 Å². The summed E-state index contributed by atoms with van der Waals surface area (Å²) in [4.78, 5) is 32.5. The van der Waals surface area contributed by atoms with Crippen LogP contribution >= 0.6 is 11.3 Å². The van der Waals surface area contributed by atoms with Crippen LogP contribution in [0.5, 0.6) is 11.5 Å². The van der Waals surface area contributed by atoms with Crippen molar-refractivity contribution in [3.05, 3.63) is 74.8 Å². The fraction of sp³-hybridized carbons (Fsp3) is 0.227. The Balaban J connectivity index is 1.85. The third-order valence-electron chi connectivity index (χ3n) is 5.08. The average Bonchev–Trinajstić information content (AvgIpc) is 3.43. The van der Waals surface area contributed by atoms with Gasteiger partial charge in [-0.15, -0.1) is 11.3 Å². The molecule has 1 aliphatic heterocycles. The van der Waals surface area contributed by atoms with Crippen molar-refractivity contribution in [3.8, 4) is 11.5 Å². The second kappa shape index (κ2) is 7.92. The van der Waals surface area contributed by atoms with E-state index >= 15 is 0 Å². The predicted molar refractivity (Wildman–Crippen MR) is 112 cm³/mol. The number of aryl methyl sites for hydroxylation is 2. The number of benzene rings is 1. The number of carbonyl (C=O) groups is 2. The number of hydrogen-bond donors (Lipinski definition) is 2. The molecule has 0 saturated heterocycles. The Morgan fingerprint density at radius 1 is 1.29 bits per heavy atom. The molecule has 1 atom stereocenters. The monoisotopic (exact) mass is 440 g/mol. The first-order valence-corrected chi connectivity index (χ1v) is 10.3. The number of aliphatic hydroxyl groups is 1. The number of phenolic OH excluding ortho intramolecular Hbond substituents is 1. The van der Waals surface area contributed by atoms with Gasteiger partial charge in [0.25, 0.3) is 5.91 Å². The Bertz CT molecular complexity index is 1190. The number of nitrogens with zero attached hydrogens (tertiary/aromatic N) is 2. The van der Waals surface area contributed by atoms with Crippen molar-refractivity contribution in [2.45, 2.75) is 26.4 Å². The van der Waals surface area contributed by atoms with E-state index in [0.29, 0.717) is 26.9 Å². The summed E-state index contributed by atoms with van der Waals surface area (Å²) >= 11 is 1.21. The van der Waals surface area contributed by atoms with E-state index in [-0.39, 0.29) is 23.6 Å². The topological polar surface area (TPSA) is 113 Å². The Morgan fingerprint density at radius 3 is 2.68 bits per heavy atom. The van der Waals surface area contributed by atoms with Crippen molar-refractivity contribution in [1.82, 2.24) is 9.88 Å². The van der Waals surface area contributed by atoms with Crippen LogP contribution in [0.15, 0.2) is 52.3 Å². The SMILES string of the molecule is COc1cc(C2C(C(=O)c3sc(C)nc3C)=C(O)C(=O)N2Cc2ccco2)ccc1O. The van der Waals surface area contributed by atoms with Gasteiger partial charge in [0.2, 0.25) is 5.78 Å². The van der Waals surface area contributed by atoms with Crippen LogP contribution in [0, 0.1) is 13.8 Å². The van der Waals surface area contributed by atoms with Crippen LogP contribution in [0.25, 0.3) is 0 Å². The Kier molecular flexibility index (Phi) is 5.28. The van der Waals surface area contributed by atoms with Crippen molar-refractivity contribution < 1.29 is 29.0 Å². The van der Waals surface area contributed by atoms with Gasteiger partial charge in [0.05, 0.1) is 47.1 Å². The molecule has 8 nitrogen and oxygen atoms in total. The quantitative estimate of drug-likeness (QED) is 0.560.